The Morgan fingerprint density at radius 3 is 2.58 bits per heavy atom. The Morgan fingerprint density at radius 1 is 1.08 bits per heavy atom. The number of amides is 1. The van der Waals surface area contributed by atoms with Crippen molar-refractivity contribution in [1.29, 1.82) is 0 Å². The van der Waals surface area contributed by atoms with E-state index in [0.717, 1.165) is 33.3 Å². The summed E-state index contributed by atoms with van der Waals surface area (Å²) in [6, 6.07) is 13.9. The van der Waals surface area contributed by atoms with Crippen molar-refractivity contribution in [3.8, 4) is 5.75 Å². The lowest BCUT2D eigenvalue weighted by molar-refractivity contribution is -0.115. The maximum absolute atomic E-state index is 12.3. The molecule has 134 valence electrons. The van der Waals surface area contributed by atoms with Crippen molar-refractivity contribution < 1.29 is 9.53 Å². The van der Waals surface area contributed by atoms with Crippen molar-refractivity contribution in [3.05, 3.63) is 75.2 Å². The van der Waals surface area contributed by atoms with Gasteiger partial charge in [-0.25, -0.2) is 4.98 Å². The van der Waals surface area contributed by atoms with Gasteiger partial charge in [-0.1, -0.05) is 29.8 Å². The third-order valence-corrected chi connectivity index (χ3v) is 4.86. The minimum Gasteiger partial charge on any atom is -0.486 e. The van der Waals surface area contributed by atoms with Crippen LogP contribution in [-0.2, 0) is 17.8 Å². The number of hydrogen-bond acceptors (Lipinski definition) is 4. The van der Waals surface area contributed by atoms with Crippen molar-refractivity contribution >= 4 is 22.9 Å². The largest absolute Gasteiger partial charge is 0.486 e. The summed E-state index contributed by atoms with van der Waals surface area (Å²) in [5, 5.41) is 5.74. The monoisotopic (exact) mass is 366 g/mol. The van der Waals surface area contributed by atoms with Gasteiger partial charge in [0.05, 0.1) is 12.1 Å². The van der Waals surface area contributed by atoms with E-state index in [1.807, 2.05) is 68.6 Å². The van der Waals surface area contributed by atoms with Crippen molar-refractivity contribution in [2.24, 2.45) is 0 Å². The van der Waals surface area contributed by atoms with Gasteiger partial charge in [0.1, 0.15) is 17.4 Å². The zero-order valence-electron chi connectivity index (χ0n) is 15.2. The highest BCUT2D eigenvalue weighted by molar-refractivity contribution is 7.09. The fourth-order valence-electron chi connectivity index (χ4n) is 2.51. The lowest BCUT2D eigenvalue weighted by Crippen LogP contribution is -2.15. The number of hydrogen-bond donors (Lipinski definition) is 1. The molecule has 0 unspecified atom stereocenters. The first-order valence-corrected chi connectivity index (χ1v) is 9.37. The first-order valence-electron chi connectivity index (χ1n) is 8.49. The normalized spacial score (nSPS) is 10.6. The highest BCUT2D eigenvalue weighted by Crippen LogP contribution is 2.18. The summed E-state index contributed by atoms with van der Waals surface area (Å²) >= 11 is 1.51. The van der Waals surface area contributed by atoms with Gasteiger partial charge in [-0.15, -0.1) is 11.3 Å². The summed E-state index contributed by atoms with van der Waals surface area (Å²) in [4.78, 5) is 16.8. The molecular weight excluding hydrogens is 344 g/mol. The van der Waals surface area contributed by atoms with Gasteiger partial charge in [-0.05, 0) is 50.1 Å². The third kappa shape index (κ3) is 4.92. The standard InChI is InChI=1S/C21H22N2O2S/c1-14-5-8-18(9-6-14)25-12-21-22-17(13-26-21)11-20(24)23-19-10-15(2)4-7-16(19)3/h4-10,13H,11-12H2,1-3H3,(H,23,24). The topological polar surface area (TPSA) is 51.2 Å². The molecule has 26 heavy (non-hydrogen) atoms. The van der Waals surface area contributed by atoms with Crippen molar-refractivity contribution in [1.82, 2.24) is 4.98 Å². The summed E-state index contributed by atoms with van der Waals surface area (Å²) in [7, 11) is 0. The van der Waals surface area contributed by atoms with Crippen LogP contribution in [0.3, 0.4) is 0 Å². The van der Waals surface area contributed by atoms with Gasteiger partial charge < -0.3 is 10.1 Å². The molecule has 2 aromatic carbocycles. The number of anilines is 1. The molecule has 3 aromatic rings. The first kappa shape index (κ1) is 18.1. The molecule has 0 aliphatic carbocycles. The van der Waals surface area contributed by atoms with E-state index in [4.69, 9.17) is 4.74 Å². The minimum absolute atomic E-state index is 0.0602. The molecule has 0 bridgehead atoms. The predicted molar refractivity (Wildman–Crippen MR) is 106 cm³/mol. The minimum atomic E-state index is -0.0602. The second-order valence-electron chi connectivity index (χ2n) is 6.38. The number of aromatic nitrogens is 1. The number of rotatable bonds is 6. The van der Waals surface area contributed by atoms with E-state index < -0.39 is 0 Å². The predicted octanol–water partition coefficient (Wildman–Crippen LogP) is 4.83. The number of nitrogens with one attached hydrogen (secondary N) is 1. The van der Waals surface area contributed by atoms with E-state index in [2.05, 4.69) is 10.3 Å². The van der Waals surface area contributed by atoms with Crippen LogP contribution in [0, 0.1) is 20.8 Å². The number of benzene rings is 2. The second kappa shape index (κ2) is 8.15. The van der Waals surface area contributed by atoms with Crippen LogP contribution in [0.15, 0.2) is 47.8 Å². The molecule has 1 heterocycles. The van der Waals surface area contributed by atoms with Crippen LogP contribution in [0.4, 0.5) is 5.69 Å². The molecule has 1 N–H and O–H groups in total. The van der Waals surface area contributed by atoms with E-state index in [1.165, 1.54) is 16.9 Å². The van der Waals surface area contributed by atoms with E-state index in [0.29, 0.717) is 6.61 Å². The van der Waals surface area contributed by atoms with Crippen LogP contribution in [0.25, 0.3) is 0 Å². The molecule has 0 fully saturated rings. The van der Waals surface area contributed by atoms with Crippen LogP contribution in [0.1, 0.15) is 27.4 Å². The Kier molecular flexibility index (Phi) is 5.68. The summed E-state index contributed by atoms with van der Waals surface area (Å²) in [5.41, 5.74) is 4.99. The maximum atomic E-state index is 12.3. The zero-order valence-corrected chi connectivity index (χ0v) is 16.0. The Bertz CT molecular complexity index is 901. The Morgan fingerprint density at radius 2 is 1.81 bits per heavy atom. The average molecular weight is 366 g/mol. The lowest BCUT2D eigenvalue weighted by Gasteiger charge is -2.08. The van der Waals surface area contributed by atoms with E-state index >= 15 is 0 Å². The first-order chi connectivity index (χ1) is 12.5. The molecule has 3 rings (SSSR count). The van der Waals surface area contributed by atoms with Gasteiger partial charge in [0.2, 0.25) is 5.91 Å². The average Bonchev–Trinajstić information content (AvgIpc) is 3.05. The maximum Gasteiger partial charge on any atom is 0.230 e. The second-order valence-corrected chi connectivity index (χ2v) is 7.32. The van der Waals surface area contributed by atoms with Gasteiger partial charge in [0, 0.05) is 11.1 Å². The number of ether oxygens (including phenoxy) is 1. The number of aryl methyl sites for hydroxylation is 3. The smallest absolute Gasteiger partial charge is 0.230 e. The summed E-state index contributed by atoms with van der Waals surface area (Å²) in [5.74, 6) is 0.759. The van der Waals surface area contributed by atoms with Gasteiger partial charge in [-0.3, -0.25) is 4.79 Å². The van der Waals surface area contributed by atoms with Gasteiger partial charge in [0.15, 0.2) is 0 Å². The molecule has 0 atom stereocenters. The van der Waals surface area contributed by atoms with Crippen LogP contribution in [-0.4, -0.2) is 10.9 Å². The molecule has 0 saturated carbocycles. The molecule has 5 heteroatoms. The Balaban J connectivity index is 1.55. The molecule has 4 nitrogen and oxygen atoms in total. The Hall–Kier alpha value is -2.66. The summed E-state index contributed by atoms with van der Waals surface area (Å²) in [6.07, 6.45) is 0.258. The van der Waals surface area contributed by atoms with Crippen LogP contribution in [0.5, 0.6) is 5.75 Å². The fraction of sp³-hybridized carbons (Fsp3) is 0.238. The molecule has 0 saturated heterocycles. The Labute approximate surface area is 157 Å². The quantitative estimate of drug-likeness (QED) is 0.680. The molecule has 1 aromatic heterocycles. The number of carbonyl (C=O) groups is 1. The molecular formula is C21H22N2O2S. The van der Waals surface area contributed by atoms with E-state index in [-0.39, 0.29) is 12.3 Å². The lowest BCUT2D eigenvalue weighted by atomic mass is 10.1. The third-order valence-electron chi connectivity index (χ3n) is 3.99. The zero-order chi connectivity index (χ0) is 18.5. The van der Waals surface area contributed by atoms with Gasteiger partial charge in [-0.2, -0.15) is 0 Å². The van der Waals surface area contributed by atoms with E-state index in [1.54, 1.807) is 0 Å². The molecule has 0 aliphatic rings. The van der Waals surface area contributed by atoms with Crippen molar-refractivity contribution in [2.75, 3.05) is 5.32 Å². The molecule has 0 aliphatic heterocycles. The van der Waals surface area contributed by atoms with Crippen molar-refractivity contribution in [3.63, 3.8) is 0 Å². The highest BCUT2D eigenvalue weighted by atomic mass is 32.1. The molecule has 0 spiro atoms. The van der Waals surface area contributed by atoms with Crippen LogP contribution >= 0.6 is 11.3 Å². The number of thiazole rings is 1. The van der Waals surface area contributed by atoms with Crippen LogP contribution < -0.4 is 10.1 Å². The highest BCUT2D eigenvalue weighted by Gasteiger charge is 2.10. The summed E-state index contributed by atoms with van der Waals surface area (Å²) < 4.78 is 5.74. The van der Waals surface area contributed by atoms with Crippen LogP contribution in [0.2, 0.25) is 0 Å². The van der Waals surface area contributed by atoms with Crippen molar-refractivity contribution in [2.45, 2.75) is 33.8 Å². The van der Waals surface area contributed by atoms with Gasteiger partial charge in [0.25, 0.3) is 0 Å². The molecule has 0 radical (unpaired) electrons. The fourth-order valence-corrected chi connectivity index (χ4v) is 3.21. The number of carbonyl (C=O) groups excluding carboxylic acids is 1. The number of nitrogens with zero attached hydrogens (tertiary/aromatic N) is 1. The SMILES string of the molecule is Cc1ccc(OCc2nc(CC(=O)Nc3cc(C)ccc3C)cs2)cc1. The van der Waals surface area contributed by atoms with E-state index in [9.17, 15) is 4.79 Å². The molecule has 1 amide bonds. The summed E-state index contributed by atoms with van der Waals surface area (Å²) in [6.45, 7) is 6.45. The van der Waals surface area contributed by atoms with Gasteiger partial charge >= 0.3 is 0 Å².